The van der Waals surface area contributed by atoms with E-state index in [-0.39, 0.29) is 18.3 Å². The first-order chi connectivity index (χ1) is 11.1. The van der Waals surface area contributed by atoms with Crippen LogP contribution in [0.1, 0.15) is 11.1 Å². The molecule has 130 valence electrons. The predicted octanol–water partition coefficient (Wildman–Crippen LogP) is 2.31. The number of carbonyl (C=O) groups excluding carboxylic acids is 1. The maximum atomic E-state index is 12.2. The van der Waals surface area contributed by atoms with Crippen molar-refractivity contribution in [3.05, 3.63) is 59.7 Å². The van der Waals surface area contributed by atoms with Crippen LogP contribution in [0.15, 0.2) is 48.5 Å². The van der Waals surface area contributed by atoms with Crippen molar-refractivity contribution in [1.82, 2.24) is 5.32 Å². The number of hydrogen-bond acceptors (Lipinski definition) is 4. The van der Waals surface area contributed by atoms with E-state index in [0.29, 0.717) is 24.5 Å². The Kier molecular flexibility index (Phi) is 8.09. The quantitative estimate of drug-likeness (QED) is 0.803. The highest BCUT2D eigenvalue weighted by atomic mass is 35.5. The van der Waals surface area contributed by atoms with Crippen molar-refractivity contribution in [1.29, 1.82) is 0 Å². The van der Waals surface area contributed by atoms with Crippen LogP contribution in [0.3, 0.4) is 0 Å². The molecule has 2 rings (SSSR count). The predicted molar refractivity (Wildman–Crippen MR) is 96.8 cm³/mol. The zero-order valence-corrected chi connectivity index (χ0v) is 14.6. The lowest BCUT2D eigenvalue weighted by molar-refractivity contribution is -0.122. The van der Waals surface area contributed by atoms with Crippen LogP contribution in [0.2, 0.25) is 0 Å². The summed E-state index contributed by atoms with van der Waals surface area (Å²) < 4.78 is 10.5. The first-order valence-corrected chi connectivity index (χ1v) is 7.42. The summed E-state index contributed by atoms with van der Waals surface area (Å²) in [5, 5.41) is 2.85. The number of amides is 1. The van der Waals surface area contributed by atoms with Gasteiger partial charge in [-0.15, -0.1) is 12.4 Å². The Balaban J connectivity index is 0.00000288. The van der Waals surface area contributed by atoms with Crippen LogP contribution in [0.25, 0.3) is 0 Å². The molecule has 0 aromatic heterocycles. The summed E-state index contributed by atoms with van der Waals surface area (Å²) in [7, 11) is 3.19. The summed E-state index contributed by atoms with van der Waals surface area (Å²) in [5.41, 5.74) is 7.85. The van der Waals surface area contributed by atoms with Crippen molar-refractivity contribution in [3.8, 4) is 11.5 Å². The van der Waals surface area contributed by atoms with E-state index in [4.69, 9.17) is 15.2 Å². The van der Waals surface area contributed by atoms with Crippen molar-refractivity contribution in [2.45, 2.75) is 19.0 Å². The maximum absolute atomic E-state index is 12.2. The molecule has 0 saturated carbocycles. The van der Waals surface area contributed by atoms with Gasteiger partial charge < -0.3 is 20.5 Å². The number of ether oxygens (including phenoxy) is 2. The molecule has 0 aliphatic rings. The number of benzene rings is 2. The lowest BCUT2D eigenvalue weighted by Gasteiger charge is -2.14. The lowest BCUT2D eigenvalue weighted by Crippen LogP contribution is -2.41. The number of methoxy groups -OCH3 is 2. The fraction of sp³-hybridized carbons (Fsp3) is 0.278. The van der Waals surface area contributed by atoms with Crippen LogP contribution in [-0.2, 0) is 17.8 Å². The molecule has 1 atom stereocenters. The third-order valence-corrected chi connectivity index (χ3v) is 3.58. The van der Waals surface area contributed by atoms with Gasteiger partial charge in [-0.3, -0.25) is 4.79 Å². The second-order valence-corrected chi connectivity index (χ2v) is 5.19. The molecule has 5 nitrogen and oxygen atoms in total. The molecule has 2 aromatic carbocycles. The van der Waals surface area contributed by atoms with Gasteiger partial charge in [-0.2, -0.15) is 0 Å². The number of hydrogen-bond donors (Lipinski definition) is 2. The first kappa shape index (κ1) is 19.8. The molecule has 0 aliphatic carbocycles. The van der Waals surface area contributed by atoms with Crippen LogP contribution in [0, 0.1) is 0 Å². The molecule has 0 aliphatic heterocycles. The van der Waals surface area contributed by atoms with Gasteiger partial charge in [-0.05, 0) is 30.2 Å². The molecule has 0 heterocycles. The molecule has 1 amide bonds. The van der Waals surface area contributed by atoms with Crippen LogP contribution < -0.4 is 20.5 Å². The van der Waals surface area contributed by atoms with Crippen LogP contribution in [0.5, 0.6) is 11.5 Å². The fourth-order valence-electron chi connectivity index (χ4n) is 2.29. The van der Waals surface area contributed by atoms with Crippen molar-refractivity contribution in [3.63, 3.8) is 0 Å². The van der Waals surface area contributed by atoms with Crippen molar-refractivity contribution < 1.29 is 14.3 Å². The highest BCUT2D eigenvalue weighted by molar-refractivity contribution is 5.85. The Morgan fingerprint density at radius 2 is 1.83 bits per heavy atom. The summed E-state index contributed by atoms with van der Waals surface area (Å²) in [4.78, 5) is 12.2. The minimum atomic E-state index is -0.589. The van der Waals surface area contributed by atoms with Crippen LogP contribution in [0.4, 0.5) is 0 Å². The number of nitrogens with two attached hydrogens (primary N) is 1. The first-order valence-electron chi connectivity index (χ1n) is 7.42. The molecule has 3 N–H and O–H groups in total. The zero-order valence-electron chi connectivity index (χ0n) is 13.8. The topological polar surface area (TPSA) is 73.6 Å². The molecule has 6 heteroatoms. The Morgan fingerprint density at radius 3 is 2.46 bits per heavy atom. The average Bonchev–Trinajstić information content (AvgIpc) is 2.60. The molecular weight excluding hydrogens is 328 g/mol. The van der Waals surface area contributed by atoms with E-state index >= 15 is 0 Å². The summed E-state index contributed by atoms with van der Waals surface area (Å²) in [6.45, 7) is 0.335. The molecule has 0 fully saturated rings. The smallest absolute Gasteiger partial charge is 0.237 e. The van der Waals surface area contributed by atoms with E-state index in [2.05, 4.69) is 5.32 Å². The summed E-state index contributed by atoms with van der Waals surface area (Å²) >= 11 is 0. The second kappa shape index (κ2) is 9.80. The van der Waals surface area contributed by atoms with Gasteiger partial charge in [0.2, 0.25) is 5.91 Å². The zero-order chi connectivity index (χ0) is 16.7. The molecule has 0 unspecified atom stereocenters. The van der Waals surface area contributed by atoms with E-state index < -0.39 is 6.04 Å². The van der Waals surface area contributed by atoms with Gasteiger partial charge in [0.05, 0.1) is 20.3 Å². The molecule has 0 radical (unpaired) electrons. The van der Waals surface area contributed by atoms with Gasteiger partial charge in [-0.1, -0.05) is 30.3 Å². The fourth-order valence-corrected chi connectivity index (χ4v) is 2.29. The molecule has 0 saturated heterocycles. The highest BCUT2D eigenvalue weighted by Crippen LogP contribution is 2.23. The van der Waals surface area contributed by atoms with Crippen LogP contribution in [-0.4, -0.2) is 26.2 Å². The van der Waals surface area contributed by atoms with Crippen LogP contribution >= 0.6 is 12.4 Å². The Morgan fingerprint density at radius 1 is 1.12 bits per heavy atom. The van der Waals surface area contributed by atoms with Crippen molar-refractivity contribution >= 4 is 18.3 Å². The maximum Gasteiger partial charge on any atom is 0.237 e. The summed E-state index contributed by atoms with van der Waals surface area (Å²) in [6.07, 6.45) is 0.502. The van der Waals surface area contributed by atoms with E-state index in [1.54, 1.807) is 14.2 Å². The lowest BCUT2D eigenvalue weighted by atomic mass is 10.1. The van der Waals surface area contributed by atoms with Gasteiger partial charge in [0.15, 0.2) is 0 Å². The minimum Gasteiger partial charge on any atom is -0.497 e. The third kappa shape index (κ3) is 5.44. The number of rotatable bonds is 7. The molecular formula is C18H23ClN2O3. The average molecular weight is 351 g/mol. The molecule has 24 heavy (non-hydrogen) atoms. The highest BCUT2D eigenvalue weighted by Gasteiger charge is 2.14. The summed E-state index contributed by atoms with van der Waals surface area (Å²) in [6, 6.07) is 14.6. The Hall–Kier alpha value is -2.24. The molecule has 2 aromatic rings. The standard InChI is InChI=1S/C18H22N2O3.ClH/c1-22-15-8-9-17(23-2)14(11-15)12-20-18(21)16(19)10-13-6-4-3-5-7-13;/h3-9,11,16H,10,12,19H2,1-2H3,(H,20,21);1H/t16-;/m0./s1. The Bertz CT molecular complexity index is 650. The Labute approximate surface area is 148 Å². The minimum absolute atomic E-state index is 0. The van der Waals surface area contributed by atoms with Gasteiger partial charge >= 0.3 is 0 Å². The number of carbonyl (C=O) groups is 1. The van der Waals surface area contributed by atoms with Gasteiger partial charge in [0.1, 0.15) is 11.5 Å². The van der Waals surface area contributed by atoms with Gasteiger partial charge in [0.25, 0.3) is 0 Å². The van der Waals surface area contributed by atoms with E-state index in [1.807, 2.05) is 48.5 Å². The van der Waals surface area contributed by atoms with E-state index in [0.717, 1.165) is 11.1 Å². The summed E-state index contributed by atoms with van der Waals surface area (Å²) in [5.74, 6) is 1.21. The number of halogens is 1. The molecule has 0 bridgehead atoms. The van der Waals surface area contributed by atoms with Crippen molar-refractivity contribution in [2.24, 2.45) is 5.73 Å². The second-order valence-electron chi connectivity index (χ2n) is 5.19. The normalized spacial score (nSPS) is 11.1. The SMILES string of the molecule is COc1ccc(OC)c(CNC(=O)[C@@H](N)Cc2ccccc2)c1.Cl. The van der Waals surface area contributed by atoms with Gasteiger partial charge in [-0.25, -0.2) is 0 Å². The van der Waals surface area contributed by atoms with E-state index in [1.165, 1.54) is 0 Å². The third-order valence-electron chi connectivity index (χ3n) is 3.58. The largest absolute Gasteiger partial charge is 0.497 e. The van der Waals surface area contributed by atoms with E-state index in [9.17, 15) is 4.79 Å². The monoisotopic (exact) mass is 350 g/mol. The van der Waals surface area contributed by atoms with Crippen molar-refractivity contribution in [2.75, 3.05) is 14.2 Å². The van der Waals surface area contributed by atoms with Gasteiger partial charge in [0, 0.05) is 12.1 Å². The molecule has 0 spiro atoms. The number of nitrogens with one attached hydrogen (secondary N) is 1.